The van der Waals surface area contributed by atoms with Gasteiger partial charge in [-0.15, -0.1) is 0 Å². The highest BCUT2D eigenvalue weighted by molar-refractivity contribution is 6.02. The molecular weight excluding hydrogens is 172 g/mol. The van der Waals surface area contributed by atoms with Gasteiger partial charge in [-0.1, -0.05) is 12.1 Å². The normalized spacial score (nSPS) is 11.2. The molecule has 0 radical (unpaired) electrons. The zero-order chi connectivity index (χ0) is 9.54. The van der Waals surface area contributed by atoms with Gasteiger partial charge in [0.2, 0.25) is 5.52 Å². The average molecular weight is 183 g/mol. The van der Waals surface area contributed by atoms with Crippen LogP contribution in [-0.2, 0) is 0 Å². The predicted octanol–water partition coefficient (Wildman–Crippen LogP) is 2.44. The number of rotatable bonds is 0. The van der Waals surface area contributed by atoms with Crippen LogP contribution in [0.4, 0.5) is 0 Å². The highest BCUT2D eigenvalue weighted by Gasteiger charge is 2.08. The van der Waals surface area contributed by atoms with Gasteiger partial charge in [0, 0.05) is 5.56 Å². The van der Waals surface area contributed by atoms with Crippen molar-refractivity contribution in [1.82, 2.24) is 4.98 Å². The maximum atomic E-state index is 3.39. The zero-order valence-corrected chi connectivity index (χ0v) is 7.96. The maximum absolute atomic E-state index is 3.39. The van der Waals surface area contributed by atoms with Crippen molar-refractivity contribution in [2.75, 3.05) is 0 Å². The van der Waals surface area contributed by atoms with E-state index in [9.17, 15) is 0 Å². The van der Waals surface area contributed by atoms with Crippen molar-refractivity contribution in [3.63, 3.8) is 0 Å². The molecule has 2 heteroatoms. The minimum Gasteiger partial charge on any atom is -0.349 e. The molecule has 2 N–H and O–H groups in total. The van der Waals surface area contributed by atoms with E-state index in [-0.39, 0.29) is 0 Å². The van der Waals surface area contributed by atoms with Crippen LogP contribution in [0.1, 0.15) is 5.56 Å². The number of H-pyrrole nitrogens is 2. The number of pyridine rings is 1. The van der Waals surface area contributed by atoms with E-state index in [0.717, 1.165) is 0 Å². The summed E-state index contributed by atoms with van der Waals surface area (Å²) in [5.74, 6) is 0. The summed E-state index contributed by atoms with van der Waals surface area (Å²) in [4.78, 5) is 6.70. The third-order valence-corrected chi connectivity index (χ3v) is 2.55. The number of hydrogen-bond acceptors (Lipinski definition) is 0. The number of aryl methyl sites for hydroxylation is 1. The molecule has 3 rings (SSSR count). The van der Waals surface area contributed by atoms with E-state index in [1.165, 1.54) is 27.5 Å². The van der Waals surface area contributed by atoms with Crippen molar-refractivity contribution in [2.24, 2.45) is 0 Å². The molecule has 0 saturated carbocycles. The lowest BCUT2D eigenvalue weighted by atomic mass is 10.2. The fraction of sp³-hybridized carbons (Fsp3) is 0.0833. The summed E-state index contributed by atoms with van der Waals surface area (Å²) in [6.07, 6.45) is 2.03. The monoisotopic (exact) mass is 183 g/mol. The Kier molecular flexibility index (Phi) is 1.39. The minimum absolute atomic E-state index is 1.17. The van der Waals surface area contributed by atoms with Gasteiger partial charge in [0.1, 0.15) is 5.52 Å². The first kappa shape index (κ1) is 7.56. The first-order chi connectivity index (χ1) is 6.84. The summed E-state index contributed by atoms with van der Waals surface area (Å²) in [6.45, 7) is 2.08. The van der Waals surface area contributed by atoms with Crippen molar-refractivity contribution >= 4 is 21.9 Å². The predicted molar refractivity (Wildman–Crippen MR) is 57.1 cm³/mol. The van der Waals surface area contributed by atoms with Crippen LogP contribution in [0.2, 0.25) is 0 Å². The molecule has 0 fully saturated rings. The van der Waals surface area contributed by atoms with E-state index in [1.54, 1.807) is 0 Å². The van der Waals surface area contributed by atoms with E-state index < -0.39 is 0 Å². The second-order valence-electron chi connectivity index (χ2n) is 3.64. The van der Waals surface area contributed by atoms with Gasteiger partial charge in [0.05, 0.1) is 10.9 Å². The summed E-state index contributed by atoms with van der Waals surface area (Å²) in [6, 6.07) is 10.5. The molecule has 0 amide bonds. The Labute approximate surface area is 81.6 Å². The quantitative estimate of drug-likeness (QED) is 0.555. The molecule has 68 valence electrons. The van der Waals surface area contributed by atoms with E-state index in [4.69, 9.17) is 0 Å². The minimum atomic E-state index is 1.17. The number of nitrogens with one attached hydrogen (secondary N) is 2. The molecule has 0 aliphatic rings. The Hall–Kier alpha value is -1.83. The smallest absolute Gasteiger partial charge is 0.236 e. The van der Waals surface area contributed by atoms with Crippen LogP contribution in [0.5, 0.6) is 0 Å². The second-order valence-corrected chi connectivity index (χ2v) is 3.64. The molecular formula is C12H11N2+. The Morgan fingerprint density at radius 1 is 1.14 bits per heavy atom. The van der Waals surface area contributed by atoms with Crippen molar-refractivity contribution in [1.29, 1.82) is 0 Å². The highest BCUT2D eigenvalue weighted by atomic mass is 14.8. The first-order valence-electron chi connectivity index (χ1n) is 4.73. The SMILES string of the molecule is Cc1c[nH+]c2c(c1)[nH]c1ccccc12. The van der Waals surface area contributed by atoms with E-state index in [2.05, 4.69) is 41.2 Å². The summed E-state index contributed by atoms with van der Waals surface area (Å²) in [7, 11) is 0. The molecule has 0 atom stereocenters. The Morgan fingerprint density at radius 2 is 2.00 bits per heavy atom. The average Bonchev–Trinajstić information content (AvgIpc) is 2.54. The summed E-state index contributed by atoms with van der Waals surface area (Å²) < 4.78 is 0. The van der Waals surface area contributed by atoms with Gasteiger partial charge in [-0.2, -0.15) is 0 Å². The number of fused-ring (bicyclic) bond motifs is 3. The Balaban J connectivity index is 2.57. The van der Waals surface area contributed by atoms with Gasteiger partial charge in [0.15, 0.2) is 6.20 Å². The molecule has 0 aliphatic heterocycles. The molecule has 3 aromatic rings. The zero-order valence-electron chi connectivity index (χ0n) is 7.96. The highest BCUT2D eigenvalue weighted by Crippen LogP contribution is 2.21. The number of aromatic nitrogens is 2. The lowest BCUT2D eigenvalue weighted by Crippen LogP contribution is -2.01. The van der Waals surface area contributed by atoms with Gasteiger partial charge in [-0.25, -0.2) is 4.98 Å². The molecule has 0 spiro atoms. The molecule has 2 heterocycles. The second kappa shape index (κ2) is 2.58. The summed E-state index contributed by atoms with van der Waals surface area (Å²) in [5.41, 5.74) is 4.78. The van der Waals surface area contributed by atoms with Gasteiger partial charge in [0.25, 0.3) is 0 Å². The molecule has 0 bridgehead atoms. The van der Waals surface area contributed by atoms with Crippen LogP contribution in [0.3, 0.4) is 0 Å². The number of benzene rings is 1. The van der Waals surface area contributed by atoms with Crippen LogP contribution in [0.15, 0.2) is 36.5 Å². The molecule has 0 aliphatic carbocycles. The lowest BCUT2D eigenvalue weighted by Gasteiger charge is -1.85. The topological polar surface area (TPSA) is 29.9 Å². The third kappa shape index (κ3) is 0.940. The standard InChI is InChI=1S/C12H10N2/c1-8-6-11-12(13-7-8)9-4-2-3-5-10(9)14-11/h2-7,14H,1H3/p+1. The molecule has 1 aromatic carbocycles. The number of para-hydroxylation sites is 1. The van der Waals surface area contributed by atoms with Crippen LogP contribution in [-0.4, -0.2) is 4.98 Å². The molecule has 2 aromatic heterocycles. The van der Waals surface area contributed by atoms with E-state index in [1.807, 2.05) is 12.3 Å². The Bertz CT molecular complexity index is 608. The van der Waals surface area contributed by atoms with E-state index in [0.29, 0.717) is 0 Å². The molecule has 14 heavy (non-hydrogen) atoms. The van der Waals surface area contributed by atoms with Gasteiger partial charge in [-0.3, -0.25) is 0 Å². The van der Waals surface area contributed by atoms with E-state index >= 15 is 0 Å². The van der Waals surface area contributed by atoms with Gasteiger partial charge in [-0.05, 0) is 25.1 Å². The van der Waals surface area contributed by atoms with Crippen molar-refractivity contribution in [2.45, 2.75) is 6.92 Å². The first-order valence-corrected chi connectivity index (χ1v) is 4.73. The number of hydrogen-bond donors (Lipinski definition) is 1. The van der Waals surface area contributed by atoms with Crippen LogP contribution in [0.25, 0.3) is 21.9 Å². The summed E-state index contributed by atoms with van der Waals surface area (Å²) in [5, 5.41) is 1.25. The van der Waals surface area contributed by atoms with Crippen LogP contribution < -0.4 is 4.98 Å². The van der Waals surface area contributed by atoms with Crippen molar-refractivity contribution in [3.8, 4) is 0 Å². The molecule has 0 unspecified atom stereocenters. The largest absolute Gasteiger partial charge is 0.349 e. The van der Waals surface area contributed by atoms with Crippen molar-refractivity contribution in [3.05, 3.63) is 42.1 Å². The summed E-state index contributed by atoms with van der Waals surface area (Å²) >= 11 is 0. The molecule has 0 saturated heterocycles. The van der Waals surface area contributed by atoms with Gasteiger partial charge >= 0.3 is 0 Å². The van der Waals surface area contributed by atoms with Gasteiger partial charge < -0.3 is 4.98 Å². The third-order valence-electron chi connectivity index (χ3n) is 2.55. The lowest BCUT2D eigenvalue weighted by molar-refractivity contribution is -0.344. The van der Waals surface area contributed by atoms with Crippen LogP contribution in [0, 0.1) is 6.92 Å². The fourth-order valence-corrected chi connectivity index (χ4v) is 1.88. The molecule has 2 nitrogen and oxygen atoms in total. The number of aromatic amines is 2. The maximum Gasteiger partial charge on any atom is 0.236 e. The van der Waals surface area contributed by atoms with Crippen LogP contribution >= 0.6 is 0 Å². The Morgan fingerprint density at radius 3 is 2.93 bits per heavy atom. The fourth-order valence-electron chi connectivity index (χ4n) is 1.88. The van der Waals surface area contributed by atoms with Crippen molar-refractivity contribution < 1.29 is 4.98 Å².